The van der Waals surface area contributed by atoms with Crippen LogP contribution in [0, 0.1) is 5.41 Å². The SMILES string of the molecule is C=CC(=O)Nc1cc(Nc2nc(-c3ccnc(N4CCn5c(cc6c5CC(C)(C)C6)C4=O)c3CO)cn(C)c2=O)ccc1N1CCN(C2CCN(c3ccnc(C(C)(C)N)c3)CC2)CC1C. The third-order valence-electron chi connectivity index (χ3n) is 13.8. The average Bonchev–Trinajstić information content (AvgIpc) is 3.79. The lowest BCUT2D eigenvalue weighted by atomic mass is 9.90. The number of hydrogen-bond donors (Lipinski definition) is 4. The van der Waals surface area contributed by atoms with Gasteiger partial charge < -0.3 is 40.4 Å². The van der Waals surface area contributed by atoms with E-state index >= 15 is 0 Å². The maximum Gasteiger partial charge on any atom is 0.293 e. The highest BCUT2D eigenvalue weighted by atomic mass is 16.3. The lowest BCUT2D eigenvalue weighted by Gasteiger charge is -2.47. The Morgan fingerprint density at radius 3 is 2.50 bits per heavy atom. The summed E-state index contributed by atoms with van der Waals surface area (Å²) in [6.07, 6.45) is 10.3. The molecule has 2 amide bonds. The van der Waals surface area contributed by atoms with Gasteiger partial charge in [-0.05, 0) is 106 Å². The third kappa shape index (κ3) is 8.60. The maximum absolute atomic E-state index is 14.0. The molecule has 0 saturated carbocycles. The standard InChI is InChI=1S/C50H62N12O4/c1-8-44(64)55-38-24-33(9-10-40(38)60-20-19-59(28-31(60)2)34-13-17-58(18-14-34)35-11-15-52-43(25-35)50(5,6)51)54-45-48(66)57(7)29-39(56-45)36-12-16-53-46(37(36)30-63)62-22-21-61-41(47(62)65)23-32-26-49(3,4)27-42(32)61/h8-12,15-16,23-25,29,31,34,63H,1,13-14,17-22,26-28,30,51H2,2-7H3,(H,54,56)(H,55,64). The van der Waals surface area contributed by atoms with Gasteiger partial charge in [0.05, 0.1) is 34.9 Å². The number of carbonyl (C=O) groups excluding carboxylic acids is 2. The molecule has 16 heteroatoms. The van der Waals surface area contributed by atoms with Gasteiger partial charge in [-0.15, -0.1) is 0 Å². The van der Waals surface area contributed by atoms with Crippen LogP contribution < -0.4 is 36.6 Å². The third-order valence-corrected chi connectivity index (χ3v) is 13.8. The van der Waals surface area contributed by atoms with E-state index in [9.17, 15) is 19.5 Å². The number of aromatic nitrogens is 5. The second-order valence-corrected chi connectivity index (χ2v) is 19.8. The molecule has 0 radical (unpaired) electrons. The average molecular weight is 895 g/mol. The molecule has 1 aliphatic carbocycles. The van der Waals surface area contributed by atoms with Crippen molar-refractivity contribution in [3.63, 3.8) is 0 Å². The van der Waals surface area contributed by atoms with Crippen LogP contribution in [0.3, 0.4) is 0 Å². The summed E-state index contributed by atoms with van der Waals surface area (Å²) in [6.45, 7) is 19.4. The molecule has 66 heavy (non-hydrogen) atoms. The summed E-state index contributed by atoms with van der Waals surface area (Å²) in [5.74, 6) is -0.0933. The van der Waals surface area contributed by atoms with E-state index in [1.54, 1.807) is 30.4 Å². The summed E-state index contributed by atoms with van der Waals surface area (Å²) >= 11 is 0. The predicted molar refractivity (Wildman–Crippen MR) is 260 cm³/mol. The summed E-state index contributed by atoms with van der Waals surface area (Å²) in [5, 5.41) is 17.1. The number of nitrogens with zero attached hydrogens (tertiary/aromatic N) is 9. The number of carbonyl (C=O) groups is 2. The zero-order valence-electron chi connectivity index (χ0n) is 39.0. The summed E-state index contributed by atoms with van der Waals surface area (Å²) in [6, 6.07) is 14.2. The van der Waals surface area contributed by atoms with Crippen LogP contribution in [-0.2, 0) is 43.4 Å². The highest BCUT2D eigenvalue weighted by Gasteiger charge is 2.38. The zero-order valence-corrected chi connectivity index (χ0v) is 39.0. The lowest BCUT2D eigenvalue weighted by molar-refractivity contribution is -0.111. The Hall–Kier alpha value is -6.36. The first-order chi connectivity index (χ1) is 31.5. The Bertz CT molecular complexity index is 2760. The number of aliphatic hydroxyl groups is 1. The van der Waals surface area contributed by atoms with Crippen molar-refractivity contribution in [2.24, 2.45) is 18.2 Å². The molecule has 0 spiro atoms. The van der Waals surface area contributed by atoms with Gasteiger partial charge >= 0.3 is 0 Å². The number of nitrogens with one attached hydrogen (secondary N) is 2. The van der Waals surface area contributed by atoms with Crippen molar-refractivity contribution in [3.8, 4) is 11.3 Å². The zero-order chi connectivity index (χ0) is 46.7. The Balaban J connectivity index is 0.919. The summed E-state index contributed by atoms with van der Waals surface area (Å²) < 4.78 is 3.58. The van der Waals surface area contributed by atoms with E-state index in [1.165, 1.54) is 27.6 Å². The molecular formula is C50H62N12O4. The van der Waals surface area contributed by atoms with Gasteiger partial charge in [0, 0.05) is 112 Å². The molecule has 1 atom stereocenters. The van der Waals surface area contributed by atoms with Gasteiger partial charge in [0.15, 0.2) is 5.82 Å². The van der Waals surface area contributed by atoms with Crippen molar-refractivity contribution in [2.75, 3.05) is 64.6 Å². The number of anilines is 6. The number of amides is 2. The number of piperidine rings is 1. The first-order valence-corrected chi connectivity index (χ1v) is 23.1. The van der Waals surface area contributed by atoms with Crippen LogP contribution in [-0.4, -0.2) is 97.3 Å². The first kappa shape index (κ1) is 44.8. The minimum atomic E-state index is -0.499. The first-order valence-electron chi connectivity index (χ1n) is 23.1. The van der Waals surface area contributed by atoms with Gasteiger partial charge in [-0.2, -0.15) is 0 Å². The number of benzene rings is 1. The number of rotatable bonds is 11. The van der Waals surface area contributed by atoms with Crippen molar-refractivity contribution >= 4 is 46.2 Å². The highest BCUT2D eigenvalue weighted by Crippen LogP contribution is 2.41. The summed E-state index contributed by atoms with van der Waals surface area (Å²) in [5.41, 5.74) is 14.2. The topological polar surface area (TPSA) is 183 Å². The molecule has 0 bridgehead atoms. The van der Waals surface area contributed by atoms with Crippen molar-refractivity contribution < 1.29 is 14.7 Å². The lowest BCUT2D eigenvalue weighted by Crippen LogP contribution is -2.57. The molecule has 1 aromatic carbocycles. The Morgan fingerprint density at radius 2 is 1.77 bits per heavy atom. The number of aliphatic hydroxyl groups excluding tert-OH is 1. The summed E-state index contributed by atoms with van der Waals surface area (Å²) in [7, 11) is 1.64. The van der Waals surface area contributed by atoms with Crippen LogP contribution in [0.5, 0.6) is 0 Å². The van der Waals surface area contributed by atoms with Crippen molar-refractivity contribution in [1.29, 1.82) is 0 Å². The molecule has 16 nitrogen and oxygen atoms in total. The van der Waals surface area contributed by atoms with E-state index < -0.39 is 12.1 Å². The number of nitrogens with two attached hydrogens (primary N) is 1. The van der Waals surface area contributed by atoms with E-state index in [4.69, 9.17) is 10.7 Å². The number of aryl methyl sites for hydroxylation is 1. The van der Waals surface area contributed by atoms with Crippen LogP contribution in [0.15, 0.2) is 78.5 Å². The van der Waals surface area contributed by atoms with E-state index in [1.807, 2.05) is 44.3 Å². The monoisotopic (exact) mass is 895 g/mol. The van der Waals surface area contributed by atoms with E-state index in [2.05, 4.69) is 79.4 Å². The smallest absolute Gasteiger partial charge is 0.293 e. The highest BCUT2D eigenvalue weighted by molar-refractivity contribution is 6.06. The molecule has 4 aromatic heterocycles. The van der Waals surface area contributed by atoms with E-state index in [0.717, 1.165) is 69.8 Å². The molecule has 7 heterocycles. The fourth-order valence-electron chi connectivity index (χ4n) is 10.5. The van der Waals surface area contributed by atoms with Gasteiger partial charge in [-0.1, -0.05) is 20.4 Å². The van der Waals surface area contributed by atoms with Crippen LogP contribution in [0.25, 0.3) is 11.3 Å². The van der Waals surface area contributed by atoms with Crippen LogP contribution in [0.2, 0.25) is 0 Å². The van der Waals surface area contributed by atoms with Crippen LogP contribution >= 0.6 is 0 Å². The minimum absolute atomic E-state index is 0.0518. The number of hydrogen-bond acceptors (Lipinski definition) is 12. The molecule has 3 aliphatic heterocycles. The van der Waals surface area contributed by atoms with Crippen molar-refractivity contribution in [3.05, 3.63) is 112 Å². The van der Waals surface area contributed by atoms with Gasteiger partial charge in [-0.3, -0.25) is 29.2 Å². The second-order valence-electron chi connectivity index (χ2n) is 19.8. The molecule has 4 aliphatic rings. The Morgan fingerprint density at radius 1 is 1.00 bits per heavy atom. The predicted octanol–water partition coefficient (Wildman–Crippen LogP) is 5.56. The largest absolute Gasteiger partial charge is 0.392 e. The van der Waals surface area contributed by atoms with Crippen LogP contribution in [0.1, 0.15) is 80.5 Å². The maximum atomic E-state index is 14.0. The fourth-order valence-corrected chi connectivity index (χ4v) is 10.5. The van der Waals surface area contributed by atoms with Gasteiger partial charge in [0.2, 0.25) is 5.91 Å². The minimum Gasteiger partial charge on any atom is -0.392 e. The Labute approximate surface area is 386 Å². The summed E-state index contributed by atoms with van der Waals surface area (Å²) in [4.78, 5) is 63.5. The molecule has 9 rings (SSSR count). The number of piperazine rings is 1. The van der Waals surface area contributed by atoms with Gasteiger partial charge in [0.25, 0.3) is 11.5 Å². The van der Waals surface area contributed by atoms with Gasteiger partial charge in [0.1, 0.15) is 11.5 Å². The van der Waals surface area contributed by atoms with Crippen LogP contribution in [0.4, 0.5) is 34.4 Å². The van der Waals surface area contributed by atoms with Crippen molar-refractivity contribution in [2.45, 2.75) is 91.1 Å². The number of fused-ring (bicyclic) bond motifs is 3. The number of pyridine rings is 2. The Kier molecular flexibility index (Phi) is 11.9. The normalized spacial score (nSPS) is 18.9. The molecule has 346 valence electrons. The fraction of sp³-hybridized carbons (Fsp3) is 0.440. The molecule has 5 N–H and O–H groups in total. The van der Waals surface area contributed by atoms with E-state index in [0.29, 0.717) is 58.8 Å². The second kappa shape index (κ2) is 17.5. The van der Waals surface area contributed by atoms with Crippen molar-refractivity contribution in [1.82, 2.24) is 29.0 Å². The van der Waals surface area contributed by atoms with Gasteiger partial charge in [-0.25, -0.2) is 9.97 Å². The quantitative estimate of drug-likeness (QED) is 0.122. The molecule has 1 unspecified atom stereocenters. The molecule has 5 aromatic rings. The molecule has 2 saturated heterocycles. The molecular weight excluding hydrogens is 833 g/mol. The molecule has 2 fully saturated rings. The van der Waals surface area contributed by atoms with E-state index in [-0.39, 0.29) is 34.6 Å².